The number of amides is 1. The molecule has 0 atom stereocenters. The topological polar surface area (TPSA) is 92.5 Å². The number of nitrogens with one attached hydrogen (secondary N) is 1. The molecule has 10 heteroatoms. The van der Waals surface area contributed by atoms with Crippen LogP contribution in [0.4, 0.5) is 14.5 Å². The van der Waals surface area contributed by atoms with Crippen LogP contribution < -0.4 is 5.32 Å². The van der Waals surface area contributed by atoms with E-state index in [2.05, 4.69) is 10.5 Å². The summed E-state index contributed by atoms with van der Waals surface area (Å²) in [5.74, 6) is -3.15. The monoisotopic (exact) mass is 373 g/mol. The van der Waals surface area contributed by atoms with Gasteiger partial charge in [-0.2, -0.15) is 8.78 Å². The number of aromatic nitrogens is 1. The first-order valence-corrected chi connectivity index (χ1v) is 8.76. The summed E-state index contributed by atoms with van der Waals surface area (Å²) < 4.78 is 52.5. The highest BCUT2D eigenvalue weighted by atomic mass is 32.2. The van der Waals surface area contributed by atoms with Crippen molar-refractivity contribution in [3.8, 4) is 0 Å². The number of carbonyl (C=O) groups excluding carboxylic acids is 1. The Morgan fingerprint density at radius 1 is 1.32 bits per heavy atom. The number of nitrogens with zero attached hydrogens (tertiary/aromatic N) is 2. The predicted molar refractivity (Wildman–Crippen MR) is 85.8 cm³/mol. The van der Waals surface area contributed by atoms with Gasteiger partial charge >= 0.3 is 5.76 Å². The molecule has 1 aromatic carbocycles. The van der Waals surface area contributed by atoms with Crippen molar-refractivity contribution in [3.63, 3.8) is 0 Å². The zero-order valence-electron chi connectivity index (χ0n) is 13.6. The van der Waals surface area contributed by atoms with Crippen molar-refractivity contribution in [2.45, 2.75) is 24.1 Å². The summed E-state index contributed by atoms with van der Waals surface area (Å²) in [6.45, 7) is 2.24. The number of hydrogen-bond donors (Lipinski definition) is 1. The Labute approximate surface area is 143 Å². The average molecular weight is 373 g/mol. The maximum absolute atomic E-state index is 12.5. The van der Waals surface area contributed by atoms with Gasteiger partial charge in [-0.05, 0) is 38.2 Å². The van der Waals surface area contributed by atoms with Crippen LogP contribution in [0.2, 0.25) is 0 Å². The number of likely N-dealkylation sites (N-methyl/N-ethyl adjacent to an activating group) is 1. The molecule has 0 radical (unpaired) electrons. The molecule has 1 N–H and O–H groups in total. The summed E-state index contributed by atoms with van der Waals surface area (Å²) in [6, 6.07) is 6.33. The van der Waals surface area contributed by atoms with Crippen molar-refractivity contribution in [2.75, 3.05) is 18.9 Å². The maximum atomic E-state index is 12.5. The quantitative estimate of drug-likeness (QED) is 0.799. The maximum Gasteiger partial charge on any atom is 0.341 e. The summed E-state index contributed by atoms with van der Waals surface area (Å²) in [6.07, 6.45) is 0. The van der Waals surface area contributed by atoms with E-state index in [1.54, 1.807) is 24.9 Å². The van der Waals surface area contributed by atoms with E-state index in [9.17, 15) is 22.0 Å². The highest BCUT2D eigenvalue weighted by molar-refractivity contribution is 7.91. The number of halogens is 2. The first kappa shape index (κ1) is 19.0. The van der Waals surface area contributed by atoms with Crippen LogP contribution in [0.25, 0.3) is 0 Å². The molecule has 0 unspecified atom stereocenters. The van der Waals surface area contributed by atoms with Crippen molar-refractivity contribution < 1.29 is 26.5 Å². The van der Waals surface area contributed by atoms with Crippen LogP contribution in [0.1, 0.15) is 11.5 Å². The van der Waals surface area contributed by atoms with Crippen LogP contribution in [0, 0.1) is 6.92 Å². The molecule has 0 saturated carbocycles. The third-order valence-electron chi connectivity index (χ3n) is 3.22. The fourth-order valence-electron chi connectivity index (χ4n) is 2.10. The van der Waals surface area contributed by atoms with E-state index in [-0.39, 0.29) is 12.5 Å². The van der Waals surface area contributed by atoms with Crippen LogP contribution in [0.15, 0.2) is 39.8 Å². The predicted octanol–water partition coefficient (Wildman–Crippen LogP) is 2.05. The molecule has 0 fully saturated rings. The van der Waals surface area contributed by atoms with E-state index < -0.39 is 20.5 Å². The molecule has 25 heavy (non-hydrogen) atoms. The Kier molecular flexibility index (Phi) is 5.85. The first-order valence-electron chi connectivity index (χ1n) is 7.21. The van der Waals surface area contributed by atoms with Crippen LogP contribution in [0.3, 0.4) is 0 Å². The Hall–Kier alpha value is -2.33. The van der Waals surface area contributed by atoms with Gasteiger partial charge in [-0.25, -0.2) is 8.42 Å². The summed E-state index contributed by atoms with van der Waals surface area (Å²) in [4.78, 5) is 13.2. The van der Waals surface area contributed by atoms with Crippen molar-refractivity contribution >= 4 is 21.4 Å². The summed E-state index contributed by atoms with van der Waals surface area (Å²) in [7, 11) is -2.92. The number of carbonyl (C=O) groups is 1. The van der Waals surface area contributed by atoms with Gasteiger partial charge in [0.2, 0.25) is 15.7 Å². The Bertz CT molecular complexity index is 835. The standard InChI is InChI=1S/C15H17F2N3O4S/c1-10-7-12(19-24-10)8-20(2)9-14(21)18-11-3-5-13(6-4-11)25(22,23)15(16)17/h3-7,15H,8-9H2,1-2H3,(H,18,21). The van der Waals surface area contributed by atoms with Gasteiger partial charge in [-0.15, -0.1) is 0 Å². The second-order valence-electron chi connectivity index (χ2n) is 5.48. The minimum absolute atomic E-state index is 0.0585. The molecular weight excluding hydrogens is 356 g/mol. The molecule has 0 bridgehead atoms. The molecule has 0 aliphatic carbocycles. The van der Waals surface area contributed by atoms with Gasteiger partial charge in [0.05, 0.1) is 17.1 Å². The number of aryl methyl sites for hydroxylation is 1. The molecule has 1 heterocycles. The fourth-order valence-corrected chi connectivity index (χ4v) is 2.82. The van der Waals surface area contributed by atoms with E-state index in [0.717, 1.165) is 12.1 Å². The number of benzene rings is 1. The first-order chi connectivity index (χ1) is 11.7. The van der Waals surface area contributed by atoms with Gasteiger partial charge < -0.3 is 9.84 Å². The van der Waals surface area contributed by atoms with E-state index >= 15 is 0 Å². The third-order valence-corrected chi connectivity index (χ3v) is 4.62. The minimum atomic E-state index is -4.64. The van der Waals surface area contributed by atoms with E-state index in [4.69, 9.17) is 4.52 Å². The molecule has 0 spiro atoms. The van der Waals surface area contributed by atoms with E-state index in [0.29, 0.717) is 23.7 Å². The van der Waals surface area contributed by atoms with Gasteiger partial charge in [0.15, 0.2) is 0 Å². The molecular formula is C15H17F2N3O4S. The Morgan fingerprint density at radius 3 is 2.48 bits per heavy atom. The van der Waals surface area contributed by atoms with Crippen LogP contribution >= 0.6 is 0 Å². The Balaban J connectivity index is 1.92. The molecule has 1 aromatic heterocycles. The second kappa shape index (κ2) is 7.70. The average Bonchev–Trinajstić information content (AvgIpc) is 2.92. The van der Waals surface area contributed by atoms with Gasteiger partial charge in [0, 0.05) is 18.3 Å². The van der Waals surface area contributed by atoms with Crippen LogP contribution in [-0.4, -0.2) is 43.7 Å². The number of sulfone groups is 1. The number of anilines is 1. The fraction of sp³-hybridized carbons (Fsp3) is 0.333. The Morgan fingerprint density at radius 2 is 1.96 bits per heavy atom. The lowest BCUT2D eigenvalue weighted by Crippen LogP contribution is -2.29. The third kappa shape index (κ3) is 5.07. The van der Waals surface area contributed by atoms with Crippen molar-refractivity contribution in [1.82, 2.24) is 10.1 Å². The second-order valence-corrected chi connectivity index (χ2v) is 7.40. The van der Waals surface area contributed by atoms with Gasteiger partial charge in [0.1, 0.15) is 5.76 Å². The van der Waals surface area contributed by atoms with E-state index in [1.807, 2.05) is 0 Å². The zero-order chi connectivity index (χ0) is 18.6. The number of hydrogen-bond acceptors (Lipinski definition) is 6. The molecule has 0 aliphatic rings. The lowest BCUT2D eigenvalue weighted by Gasteiger charge is -2.14. The van der Waals surface area contributed by atoms with Crippen molar-refractivity contribution in [2.24, 2.45) is 0 Å². The minimum Gasteiger partial charge on any atom is -0.361 e. The zero-order valence-corrected chi connectivity index (χ0v) is 14.4. The molecule has 2 rings (SSSR count). The van der Waals surface area contributed by atoms with Crippen LogP contribution in [-0.2, 0) is 21.2 Å². The normalized spacial score (nSPS) is 11.9. The lowest BCUT2D eigenvalue weighted by molar-refractivity contribution is -0.117. The lowest BCUT2D eigenvalue weighted by atomic mass is 10.3. The molecule has 2 aromatic rings. The van der Waals surface area contributed by atoms with Gasteiger partial charge in [0.25, 0.3) is 0 Å². The highest BCUT2D eigenvalue weighted by Crippen LogP contribution is 2.20. The smallest absolute Gasteiger partial charge is 0.341 e. The number of rotatable bonds is 7. The molecule has 0 saturated heterocycles. The van der Waals surface area contributed by atoms with Crippen molar-refractivity contribution in [1.29, 1.82) is 0 Å². The molecule has 0 aliphatic heterocycles. The van der Waals surface area contributed by atoms with Crippen LogP contribution in [0.5, 0.6) is 0 Å². The van der Waals surface area contributed by atoms with E-state index in [1.165, 1.54) is 12.1 Å². The summed E-state index contributed by atoms with van der Waals surface area (Å²) in [5.41, 5.74) is 0.998. The number of alkyl halides is 2. The van der Waals surface area contributed by atoms with Gasteiger partial charge in [-0.1, -0.05) is 5.16 Å². The molecule has 136 valence electrons. The molecule has 1 amide bonds. The van der Waals surface area contributed by atoms with Crippen molar-refractivity contribution in [3.05, 3.63) is 41.8 Å². The highest BCUT2D eigenvalue weighted by Gasteiger charge is 2.26. The molecule has 7 nitrogen and oxygen atoms in total. The SMILES string of the molecule is Cc1cc(CN(C)CC(=O)Nc2ccc(S(=O)(=O)C(F)F)cc2)no1. The largest absolute Gasteiger partial charge is 0.361 e. The van der Waals surface area contributed by atoms with Gasteiger partial charge in [-0.3, -0.25) is 9.69 Å². The summed E-state index contributed by atoms with van der Waals surface area (Å²) in [5, 5.41) is 6.39. The summed E-state index contributed by atoms with van der Waals surface area (Å²) >= 11 is 0.